The van der Waals surface area contributed by atoms with Crippen molar-refractivity contribution in [2.75, 3.05) is 13.7 Å². The summed E-state index contributed by atoms with van der Waals surface area (Å²) >= 11 is 5.33. The number of nitrogens with zero attached hydrogens (tertiary/aromatic N) is 1. The van der Waals surface area contributed by atoms with E-state index in [1.165, 1.54) is 13.0 Å². The van der Waals surface area contributed by atoms with Crippen LogP contribution in [-0.2, 0) is 20.4 Å². The van der Waals surface area contributed by atoms with Crippen molar-refractivity contribution in [2.24, 2.45) is 0 Å². The van der Waals surface area contributed by atoms with Crippen LogP contribution in [0.15, 0.2) is 24.3 Å². The van der Waals surface area contributed by atoms with Crippen LogP contribution in [0.4, 0.5) is 22.8 Å². The number of carbonyl (C=O) groups excluding carboxylic acids is 3. The summed E-state index contributed by atoms with van der Waals surface area (Å²) in [4.78, 5) is 35.2. The average molecular weight is 383 g/mol. The van der Waals surface area contributed by atoms with Gasteiger partial charge in [-0.15, -0.1) is 0 Å². The molecule has 7 nitrogen and oxygen atoms in total. The third kappa shape index (κ3) is 5.24. The van der Waals surface area contributed by atoms with Gasteiger partial charge in [-0.2, -0.15) is 13.2 Å². The first-order valence-electron chi connectivity index (χ1n) is 6.79. The number of hydrazine groups is 1. The van der Waals surface area contributed by atoms with Crippen LogP contribution in [0.1, 0.15) is 24.1 Å². The Kier molecular flexibility index (Phi) is 7.04. The van der Waals surface area contributed by atoms with E-state index < -0.39 is 40.8 Å². The first-order chi connectivity index (χ1) is 11.6. The molecular weight excluding hydrogens is 369 g/mol. The second-order valence-electron chi connectivity index (χ2n) is 4.47. The van der Waals surface area contributed by atoms with Crippen molar-refractivity contribution in [1.82, 2.24) is 10.4 Å². The molecule has 0 saturated heterocycles. The Balaban J connectivity index is 3.51. The quantitative estimate of drug-likeness (QED) is 0.374. The van der Waals surface area contributed by atoms with Gasteiger partial charge in [0, 0.05) is 5.56 Å². The largest absolute Gasteiger partial charge is 0.464 e. The molecule has 1 N–H and O–H groups in total. The third-order valence-corrected chi connectivity index (χ3v) is 3.10. The SMILES string of the molecule is CCOC(=O)C(c1ccccc1C(F)(F)F)N(NC(=O)OC)C(=O)Cl. The van der Waals surface area contributed by atoms with Gasteiger partial charge < -0.3 is 9.47 Å². The maximum atomic E-state index is 13.3. The summed E-state index contributed by atoms with van der Waals surface area (Å²) < 4.78 is 48.8. The van der Waals surface area contributed by atoms with Gasteiger partial charge in [0.05, 0.1) is 19.3 Å². The van der Waals surface area contributed by atoms with Crippen LogP contribution in [0, 0.1) is 0 Å². The molecule has 0 aliphatic rings. The highest BCUT2D eigenvalue weighted by Crippen LogP contribution is 2.36. The second-order valence-corrected chi connectivity index (χ2v) is 4.79. The number of carbonyl (C=O) groups is 3. The number of hydrogen-bond acceptors (Lipinski definition) is 5. The number of amides is 2. The van der Waals surface area contributed by atoms with Crippen LogP contribution in [0.3, 0.4) is 0 Å². The number of hydrogen-bond donors (Lipinski definition) is 1. The molecule has 0 saturated carbocycles. The van der Waals surface area contributed by atoms with Crippen molar-refractivity contribution in [2.45, 2.75) is 19.1 Å². The van der Waals surface area contributed by atoms with E-state index in [-0.39, 0.29) is 11.6 Å². The van der Waals surface area contributed by atoms with E-state index in [1.807, 2.05) is 0 Å². The molecule has 1 atom stereocenters. The minimum absolute atomic E-state index is 0.175. The molecule has 1 aromatic carbocycles. The lowest BCUT2D eigenvalue weighted by Gasteiger charge is -2.29. The molecular formula is C14H14ClF3N2O5. The van der Waals surface area contributed by atoms with Gasteiger partial charge in [0.2, 0.25) is 0 Å². The van der Waals surface area contributed by atoms with Gasteiger partial charge >= 0.3 is 23.6 Å². The molecule has 1 unspecified atom stereocenters. The molecule has 2 amide bonds. The highest BCUT2D eigenvalue weighted by molar-refractivity contribution is 6.63. The van der Waals surface area contributed by atoms with Crippen LogP contribution in [0.5, 0.6) is 0 Å². The number of esters is 1. The highest BCUT2D eigenvalue weighted by Gasteiger charge is 2.41. The Labute approximate surface area is 145 Å². The average Bonchev–Trinajstić information content (AvgIpc) is 2.53. The maximum Gasteiger partial charge on any atom is 0.425 e. The van der Waals surface area contributed by atoms with E-state index in [0.717, 1.165) is 25.3 Å². The summed E-state index contributed by atoms with van der Waals surface area (Å²) in [5.41, 5.74) is -0.0129. The van der Waals surface area contributed by atoms with Gasteiger partial charge in [0.25, 0.3) is 0 Å². The summed E-state index contributed by atoms with van der Waals surface area (Å²) in [6.07, 6.45) is -6.04. The predicted octanol–water partition coefficient (Wildman–Crippen LogP) is 3.24. The summed E-state index contributed by atoms with van der Waals surface area (Å²) in [7, 11) is 0.954. The van der Waals surface area contributed by atoms with E-state index >= 15 is 0 Å². The van der Waals surface area contributed by atoms with Crippen molar-refractivity contribution in [3.63, 3.8) is 0 Å². The van der Waals surface area contributed by atoms with Gasteiger partial charge in [-0.3, -0.25) is 4.79 Å². The molecule has 1 rings (SSSR count). The third-order valence-electron chi connectivity index (χ3n) is 2.92. The number of alkyl halides is 3. The minimum atomic E-state index is -4.83. The zero-order valence-electron chi connectivity index (χ0n) is 13.1. The Hall–Kier alpha value is -2.49. The monoisotopic (exact) mass is 382 g/mol. The molecule has 0 heterocycles. The Morgan fingerprint density at radius 1 is 1.28 bits per heavy atom. The van der Waals surface area contributed by atoms with Gasteiger partial charge in [-0.05, 0) is 24.6 Å². The number of methoxy groups -OCH3 is 1. The summed E-state index contributed by atoms with van der Waals surface area (Å²) in [5, 5.41) is -1.21. The first kappa shape index (κ1) is 20.6. The number of halogens is 4. The van der Waals surface area contributed by atoms with Gasteiger partial charge in [0.15, 0.2) is 6.04 Å². The zero-order valence-corrected chi connectivity index (χ0v) is 13.9. The smallest absolute Gasteiger partial charge is 0.425 e. The molecule has 0 aliphatic carbocycles. The number of rotatable bonds is 4. The molecule has 138 valence electrons. The summed E-state index contributed by atoms with van der Waals surface area (Å²) in [5.74, 6) is -1.22. The second kappa shape index (κ2) is 8.56. The predicted molar refractivity (Wildman–Crippen MR) is 79.4 cm³/mol. The summed E-state index contributed by atoms with van der Waals surface area (Å²) in [6, 6.07) is 2.05. The molecule has 0 aromatic heterocycles. The fourth-order valence-corrected chi connectivity index (χ4v) is 2.08. The van der Waals surface area contributed by atoms with E-state index in [0.29, 0.717) is 0 Å². The normalized spacial score (nSPS) is 12.1. The topological polar surface area (TPSA) is 84.9 Å². The van der Waals surface area contributed by atoms with Gasteiger partial charge in [0.1, 0.15) is 0 Å². The lowest BCUT2D eigenvalue weighted by Crippen LogP contribution is -2.49. The fourth-order valence-electron chi connectivity index (χ4n) is 1.94. The summed E-state index contributed by atoms with van der Waals surface area (Å²) in [6.45, 7) is 1.25. The number of ether oxygens (including phenoxy) is 2. The van der Waals surface area contributed by atoms with Crippen molar-refractivity contribution < 1.29 is 37.0 Å². The van der Waals surface area contributed by atoms with E-state index in [2.05, 4.69) is 4.74 Å². The first-order valence-corrected chi connectivity index (χ1v) is 7.17. The van der Waals surface area contributed by atoms with E-state index in [1.54, 1.807) is 5.43 Å². The number of nitrogens with one attached hydrogen (secondary N) is 1. The molecule has 0 spiro atoms. The Bertz CT molecular complexity index is 654. The fraction of sp³-hybridized carbons (Fsp3) is 0.357. The van der Waals surface area contributed by atoms with Crippen LogP contribution in [0.2, 0.25) is 0 Å². The van der Waals surface area contributed by atoms with Crippen LogP contribution >= 0.6 is 11.6 Å². The molecule has 0 radical (unpaired) electrons. The molecule has 1 aromatic rings. The Morgan fingerprint density at radius 3 is 2.36 bits per heavy atom. The molecule has 11 heteroatoms. The lowest BCUT2D eigenvalue weighted by molar-refractivity contribution is -0.150. The van der Waals surface area contributed by atoms with Crippen LogP contribution in [-0.4, -0.2) is 36.2 Å². The molecule has 0 aliphatic heterocycles. The van der Waals surface area contributed by atoms with Gasteiger partial charge in [-0.1, -0.05) is 18.2 Å². The van der Waals surface area contributed by atoms with E-state index in [4.69, 9.17) is 16.3 Å². The number of benzene rings is 1. The minimum Gasteiger partial charge on any atom is -0.464 e. The van der Waals surface area contributed by atoms with Crippen molar-refractivity contribution >= 4 is 29.0 Å². The Morgan fingerprint density at radius 2 is 1.88 bits per heavy atom. The molecule has 25 heavy (non-hydrogen) atoms. The maximum absolute atomic E-state index is 13.3. The van der Waals surface area contributed by atoms with Crippen molar-refractivity contribution in [3.8, 4) is 0 Å². The highest BCUT2D eigenvalue weighted by atomic mass is 35.5. The van der Waals surface area contributed by atoms with E-state index in [9.17, 15) is 27.6 Å². The lowest BCUT2D eigenvalue weighted by atomic mass is 9.99. The van der Waals surface area contributed by atoms with Crippen molar-refractivity contribution in [3.05, 3.63) is 35.4 Å². The van der Waals surface area contributed by atoms with Crippen LogP contribution in [0.25, 0.3) is 0 Å². The van der Waals surface area contributed by atoms with Gasteiger partial charge in [-0.25, -0.2) is 20.0 Å². The standard InChI is InChI=1S/C14H14ClF3N2O5/c1-3-25-11(21)10(20(12(15)22)19-13(23)24-2)8-6-4-5-7-9(8)14(16,17)18/h4-7,10H,3H2,1-2H3,(H,19,23). The molecule has 0 fully saturated rings. The molecule has 0 bridgehead atoms. The van der Waals surface area contributed by atoms with Crippen LogP contribution < -0.4 is 5.43 Å². The zero-order chi connectivity index (χ0) is 19.2. The van der Waals surface area contributed by atoms with Crippen molar-refractivity contribution in [1.29, 1.82) is 0 Å².